The highest BCUT2D eigenvalue weighted by Crippen LogP contribution is 2.26. The Kier molecular flexibility index (Phi) is 4.06. The van der Waals surface area contributed by atoms with Gasteiger partial charge in [0.1, 0.15) is 17.3 Å². The topological polar surface area (TPSA) is 32.7 Å². The van der Waals surface area contributed by atoms with Crippen molar-refractivity contribution in [1.29, 1.82) is 0 Å². The molecule has 1 aliphatic rings. The second-order valence-corrected chi connectivity index (χ2v) is 5.27. The smallest absolute Gasteiger partial charge is 0.127 e. The molecule has 0 aliphatic carbocycles. The summed E-state index contributed by atoms with van der Waals surface area (Å²) in [5.74, 6) is 1.07. The zero-order chi connectivity index (χ0) is 14.7. The monoisotopic (exact) mass is 287 g/mol. The molecule has 1 N–H and O–H groups in total. The van der Waals surface area contributed by atoms with Gasteiger partial charge in [-0.15, -0.1) is 0 Å². The van der Waals surface area contributed by atoms with Crippen LogP contribution in [0.15, 0.2) is 48.5 Å². The minimum atomic E-state index is -0.273. The molecule has 0 bridgehead atoms. The zero-order valence-electron chi connectivity index (χ0n) is 11.7. The normalized spacial score (nSPS) is 16.0. The molecule has 0 aromatic heterocycles. The number of anilines is 1. The molecular weight excluding hydrogens is 269 g/mol. The van der Waals surface area contributed by atoms with Gasteiger partial charge >= 0.3 is 0 Å². The number of rotatable bonds is 3. The number of nitrogens with zero attached hydrogens (tertiary/aromatic N) is 1. The van der Waals surface area contributed by atoms with Crippen molar-refractivity contribution in [3.05, 3.63) is 54.3 Å². The number of piperidine rings is 1. The van der Waals surface area contributed by atoms with Crippen LogP contribution in [-0.2, 0) is 0 Å². The first-order valence-corrected chi connectivity index (χ1v) is 7.17. The average molecular weight is 287 g/mol. The summed E-state index contributed by atoms with van der Waals surface area (Å²) in [7, 11) is 0. The van der Waals surface area contributed by atoms with Crippen molar-refractivity contribution in [3.8, 4) is 11.5 Å². The molecule has 3 rings (SSSR count). The lowest BCUT2D eigenvalue weighted by atomic mass is 10.1. The van der Waals surface area contributed by atoms with E-state index >= 15 is 0 Å². The first-order valence-electron chi connectivity index (χ1n) is 7.17. The first kappa shape index (κ1) is 13.9. The lowest BCUT2D eigenvalue weighted by molar-refractivity contribution is 0.145. The molecule has 2 aromatic rings. The maximum atomic E-state index is 12.8. The van der Waals surface area contributed by atoms with Crippen LogP contribution in [0, 0.1) is 5.82 Å². The van der Waals surface area contributed by atoms with Gasteiger partial charge in [0.15, 0.2) is 0 Å². The van der Waals surface area contributed by atoms with Gasteiger partial charge in [0.25, 0.3) is 0 Å². The van der Waals surface area contributed by atoms with Crippen molar-refractivity contribution in [2.24, 2.45) is 0 Å². The summed E-state index contributed by atoms with van der Waals surface area (Å²) in [6, 6.07) is 13.8. The Labute approximate surface area is 123 Å². The molecule has 3 nitrogen and oxygen atoms in total. The molecule has 1 aliphatic heterocycles. The van der Waals surface area contributed by atoms with Gasteiger partial charge in [0.05, 0.1) is 6.10 Å². The maximum absolute atomic E-state index is 12.8. The molecule has 0 atom stereocenters. The predicted molar refractivity (Wildman–Crippen MR) is 80.4 cm³/mol. The fraction of sp³-hybridized carbons (Fsp3) is 0.294. The number of hydrogen-bond acceptors (Lipinski definition) is 3. The molecule has 1 saturated heterocycles. The van der Waals surface area contributed by atoms with Crippen molar-refractivity contribution < 1.29 is 14.2 Å². The maximum Gasteiger partial charge on any atom is 0.127 e. The molecule has 2 aromatic carbocycles. The lowest BCUT2D eigenvalue weighted by Crippen LogP contribution is -2.35. The molecule has 0 unspecified atom stereocenters. The zero-order valence-corrected chi connectivity index (χ0v) is 11.7. The summed E-state index contributed by atoms with van der Waals surface area (Å²) in [6.45, 7) is 1.75. The van der Waals surface area contributed by atoms with E-state index in [1.807, 2.05) is 24.3 Å². The number of halogens is 1. The van der Waals surface area contributed by atoms with Crippen LogP contribution in [0.5, 0.6) is 11.5 Å². The number of aliphatic hydroxyl groups is 1. The Hall–Kier alpha value is -2.07. The van der Waals surface area contributed by atoms with E-state index in [2.05, 4.69) is 4.90 Å². The highest BCUT2D eigenvalue weighted by atomic mass is 19.1. The van der Waals surface area contributed by atoms with E-state index in [9.17, 15) is 9.50 Å². The largest absolute Gasteiger partial charge is 0.457 e. The summed E-state index contributed by atoms with van der Waals surface area (Å²) >= 11 is 0. The molecule has 1 fully saturated rings. The average Bonchev–Trinajstić information content (AvgIpc) is 2.51. The molecule has 0 spiro atoms. The van der Waals surface area contributed by atoms with Crippen LogP contribution in [0.3, 0.4) is 0 Å². The molecule has 1 heterocycles. The number of benzene rings is 2. The molecule has 21 heavy (non-hydrogen) atoms. The molecule has 4 heteroatoms. The van der Waals surface area contributed by atoms with Gasteiger partial charge in [-0.2, -0.15) is 0 Å². The third kappa shape index (κ3) is 3.52. The minimum Gasteiger partial charge on any atom is -0.457 e. The molecule has 0 amide bonds. The second kappa shape index (κ2) is 6.14. The summed E-state index contributed by atoms with van der Waals surface area (Å²) < 4.78 is 18.5. The second-order valence-electron chi connectivity index (χ2n) is 5.27. The van der Waals surface area contributed by atoms with Crippen LogP contribution in [0.25, 0.3) is 0 Å². The summed E-state index contributed by atoms with van der Waals surface area (Å²) in [4.78, 5) is 2.26. The quantitative estimate of drug-likeness (QED) is 0.936. The van der Waals surface area contributed by atoms with E-state index in [-0.39, 0.29) is 11.9 Å². The number of aliphatic hydroxyl groups excluding tert-OH is 1. The summed E-state index contributed by atoms with van der Waals surface area (Å²) in [5.41, 5.74) is 1.13. The van der Waals surface area contributed by atoms with Crippen LogP contribution >= 0.6 is 0 Å². The van der Waals surface area contributed by atoms with E-state index < -0.39 is 0 Å². The van der Waals surface area contributed by atoms with Crippen LogP contribution in [-0.4, -0.2) is 24.3 Å². The van der Waals surface area contributed by atoms with Gasteiger partial charge in [-0.3, -0.25) is 0 Å². The fourth-order valence-electron chi connectivity index (χ4n) is 2.49. The first-order chi connectivity index (χ1) is 10.2. The van der Waals surface area contributed by atoms with Crippen molar-refractivity contribution >= 4 is 5.69 Å². The van der Waals surface area contributed by atoms with Crippen molar-refractivity contribution in [1.82, 2.24) is 0 Å². The van der Waals surface area contributed by atoms with Crippen LogP contribution in [0.1, 0.15) is 12.8 Å². The highest BCUT2D eigenvalue weighted by Gasteiger charge is 2.17. The van der Waals surface area contributed by atoms with Gasteiger partial charge in [-0.25, -0.2) is 4.39 Å². The number of ether oxygens (including phenoxy) is 1. The summed E-state index contributed by atoms with van der Waals surface area (Å²) in [6.07, 6.45) is 1.46. The van der Waals surface area contributed by atoms with Crippen LogP contribution in [0.4, 0.5) is 10.1 Å². The van der Waals surface area contributed by atoms with Gasteiger partial charge in [-0.05, 0) is 61.4 Å². The molecule has 0 radical (unpaired) electrons. The Morgan fingerprint density at radius 3 is 2.00 bits per heavy atom. The fourth-order valence-corrected chi connectivity index (χ4v) is 2.49. The van der Waals surface area contributed by atoms with E-state index in [4.69, 9.17) is 4.74 Å². The Morgan fingerprint density at radius 1 is 0.905 bits per heavy atom. The predicted octanol–water partition coefficient (Wildman–Crippen LogP) is 3.58. The molecule has 110 valence electrons. The standard InChI is InChI=1S/C17H18FNO2/c18-13-1-5-16(6-2-13)21-17-7-3-14(4-8-17)19-11-9-15(20)10-12-19/h1-8,15,20H,9-12H2. The van der Waals surface area contributed by atoms with Gasteiger partial charge < -0.3 is 14.7 Å². The van der Waals surface area contributed by atoms with Gasteiger partial charge in [0, 0.05) is 18.8 Å². The summed E-state index contributed by atoms with van der Waals surface area (Å²) in [5, 5.41) is 9.53. The SMILES string of the molecule is OC1CCN(c2ccc(Oc3ccc(F)cc3)cc2)CC1. The van der Waals surface area contributed by atoms with Crippen LogP contribution in [0.2, 0.25) is 0 Å². The van der Waals surface area contributed by atoms with Crippen molar-refractivity contribution in [3.63, 3.8) is 0 Å². The minimum absolute atomic E-state index is 0.165. The van der Waals surface area contributed by atoms with Gasteiger partial charge in [0.2, 0.25) is 0 Å². The van der Waals surface area contributed by atoms with Crippen LogP contribution < -0.4 is 9.64 Å². The highest BCUT2D eigenvalue weighted by molar-refractivity contribution is 5.50. The Bertz CT molecular complexity index is 575. The lowest BCUT2D eigenvalue weighted by Gasteiger charge is -2.31. The Balaban J connectivity index is 1.65. The third-order valence-corrected chi connectivity index (χ3v) is 3.72. The van der Waals surface area contributed by atoms with E-state index in [0.717, 1.165) is 37.4 Å². The van der Waals surface area contributed by atoms with E-state index in [0.29, 0.717) is 5.75 Å². The third-order valence-electron chi connectivity index (χ3n) is 3.72. The Morgan fingerprint density at radius 2 is 1.43 bits per heavy atom. The van der Waals surface area contributed by atoms with Gasteiger partial charge in [-0.1, -0.05) is 0 Å². The number of hydrogen-bond donors (Lipinski definition) is 1. The molecular formula is C17H18FNO2. The van der Waals surface area contributed by atoms with Crippen molar-refractivity contribution in [2.75, 3.05) is 18.0 Å². The van der Waals surface area contributed by atoms with Crippen molar-refractivity contribution in [2.45, 2.75) is 18.9 Å². The molecule has 0 saturated carbocycles. The van der Waals surface area contributed by atoms with E-state index in [1.54, 1.807) is 12.1 Å². The van der Waals surface area contributed by atoms with E-state index in [1.165, 1.54) is 12.1 Å².